The van der Waals surface area contributed by atoms with Crippen LogP contribution < -0.4 is 16.4 Å². The van der Waals surface area contributed by atoms with Crippen LogP contribution in [0.2, 0.25) is 0 Å². The van der Waals surface area contributed by atoms with Crippen molar-refractivity contribution >= 4 is 33.3 Å². The van der Waals surface area contributed by atoms with Crippen LogP contribution in [0.3, 0.4) is 0 Å². The number of amides is 1. The lowest BCUT2D eigenvalue weighted by atomic mass is 10.2. The summed E-state index contributed by atoms with van der Waals surface area (Å²) < 4.78 is 0. The average Bonchev–Trinajstić information content (AvgIpc) is 2.68. The summed E-state index contributed by atoms with van der Waals surface area (Å²) in [5, 5.41) is 6.82. The van der Waals surface area contributed by atoms with Gasteiger partial charge in [0.05, 0.1) is 11.9 Å². The SMILES string of the molecule is Cc1nc(NCC(=O)NCCN)c2c(C)c(C)sc2n1. The van der Waals surface area contributed by atoms with Crippen LogP contribution in [-0.4, -0.2) is 35.5 Å². The first-order chi connectivity index (χ1) is 9.52. The van der Waals surface area contributed by atoms with Crippen LogP contribution in [0.5, 0.6) is 0 Å². The summed E-state index contributed by atoms with van der Waals surface area (Å²) >= 11 is 1.65. The van der Waals surface area contributed by atoms with E-state index in [0.717, 1.165) is 21.6 Å². The summed E-state index contributed by atoms with van der Waals surface area (Å²) in [7, 11) is 0. The molecule has 0 atom stereocenters. The molecule has 0 aliphatic carbocycles. The summed E-state index contributed by atoms with van der Waals surface area (Å²) in [6.45, 7) is 7.06. The van der Waals surface area contributed by atoms with Gasteiger partial charge in [0, 0.05) is 18.0 Å². The van der Waals surface area contributed by atoms with Crippen molar-refractivity contribution in [1.82, 2.24) is 15.3 Å². The maximum Gasteiger partial charge on any atom is 0.239 e. The van der Waals surface area contributed by atoms with Gasteiger partial charge in [-0.2, -0.15) is 0 Å². The Hall–Kier alpha value is -1.73. The van der Waals surface area contributed by atoms with Crippen LogP contribution in [0.4, 0.5) is 5.82 Å². The first-order valence-electron chi connectivity index (χ1n) is 6.48. The fourth-order valence-electron chi connectivity index (χ4n) is 1.92. The maximum atomic E-state index is 11.6. The van der Waals surface area contributed by atoms with E-state index in [0.29, 0.717) is 18.9 Å². The van der Waals surface area contributed by atoms with Gasteiger partial charge in [-0.1, -0.05) is 0 Å². The molecular formula is C13H19N5OS. The number of carbonyl (C=O) groups is 1. The number of nitrogens with two attached hydrogens (primary N) is 1. The second-order valence-electron chi connectivity index (χ2n) is 4.58. The van der Waals surface area contributed by atoms with E-state index in [1.807, 2.05) is 13.8 Å². The number of nitrogens with zero attached hydrogens (tertiary/aromatic N) is 2. The minimum Gasteiger partial charge on any atom is -0.360 e. The maximum absolute atomic E-state index is 11.6. The predicted octanol–water partition coefficient (Wildman–Crippen LogP) is 1.10. The van der Waals surface area contributed by atoms with E-state index in [2.05, 4.69) is 27.5 Å². The lowest BCUT2D eigenvalue weighted by molar-refractivity contribution is -0.119. The summed E-state index contributed by atoms with van der Waals surface area (Å²) in [4.78, 5) is 22.6. The molecule has 2 rings (SSSR count). The molecule has 4 N–H and O–H groups in total. The molecule has 2 aromatic rings. The number of carbonyl (C=O) groups excluding carboxylic acids is 1. The van der Waals surface area contributed by atoms with Crippen molar-refractivity contribution in [3.63, 3.8) is 0 Å². The highest BCUT2D eigenvalue weighted by molar-refractivity contribution is 7.18. The monoisotopic (exact) mass is 293 g/mol. The zero-order chi connectivity index (χ0) is 14.7. The second kappa shape index (κ2) is 6.15. The van der Waals surface area contributed by atoms with Crippen LogP contribution >= 0.6 is 11.3 Å². The van der Waals surface area contributed by atoms with Crippen molar-refractivity contribution in [3.8, 4) is 0 Å². The molecule has 7 heteroatoms. The van der Waals surface area contributed by atoms with Crippen molar-refractivity contribution in [2.24, 2.45) is 5.73 Å². The number of anilines is 1. The van der Waals surface area contributed by atoms with E-state index in [9.17, 15) is 4.79 Å². The first kappa shape index (κ1) is 14.7. The van der Waals surface area contributed by atoms with Gasteiger partial charge in [0.25, 0.3) is 0 Å². The minimum atomic E-state index is -0.0931. The molecule has 108 valence electrons. The van der Waals surface area contributed by atoms with Crippen LogP contribution in [-0.2, 0) is 4.79 Å². The van der Waals surface area contributed by atoms with Crippen LogP contribution in [0.25, 0.3) is 10.2 Å². The smallest absolute Gasteiger partial charge is 0.239 e. The molecule has 0 unspecified atom stereocenters. The number of hydrogen-bond acceptors (Lipinski definition) is 6. The Bertz CT molecular complexity index is 637. The Morgan fingerprint density at radius 3 is 2.75 bits per heavy atom. The standard InChI is InChI=1S/C13H19N5OS/c1-7-8(2)20-13-11(7)12(17-9(3)18-13)16-6-10(19)15-5-4-14/h4-6,14H2,1-3H3,(H,15,19)(H,16,17,18). The topological polar surface area (TPSA) is 92.9 Å². The molecule has 0 spiro atoms. The Morgan fingerprint density at radius 1 is 1.30 bits per heavy atom. The van der Waals surface area contributed by atoms with Gasteiger partial charge < -0.3 is 16.4 Å². The van der Waals surface area contributed by atoms with E-state index in [1.54, 1.807) is 11.3 Å². The number of aromatic nitrogens is 2. The molecule has 0 saturated heterocycles. The molecule has 0 aliphatic rings. The quantitative estimate of drug-likeness (QED) is 0.767. The molecule has 2 heterocycles. The Balaban J connectivity index is 2.23. The van der Waals surface area contributed by atoms with E-state index in [4.69, 9.17) is 5.73 Å². The number of aryl methyl sites for hydroxylation is 3. The van der Waals surface area contributed by atoms with Gasteiger partial charge in [-0.3, -0.25) is 4.79 Å². The molecule has 0 bridgehead atoms. The lowest BCUT2D eigenvalue weighted by Crippen LogP contribution is -2.33. The van der Waals surface area contributed by atoms with Crippen molar-refractivity contribution in [1.29, 1.82) is 0 Å². The molecule has 20 heavy (non-hydrogen) atoms. The normalized spacial score (nSPS) is 10.8. The van der Waals surface area contributed by atoms with Gasteiger partial charge in [-0.05, 0) is 26.3 Å². The van der Waals surface area contributed by atoms with Gasteiger partial charge in [0.15, 0.2) is 0 Å². The van der Waals surface area contributed by atoms with Crippen LogP contribution in [0, 0.1) is 20.8 Å². The minimum absolute atomic E-state index is 0.0931. The summed E-state index contributed by atoms with van der Waals surface area (Å²) in [5.41, 5.74) is 6.51. The van der Waals surface area contributed by atoms with E-state index in [1.165, 1.54) is 4.88 Å². The molecule has 1 amide bonds. The van der Waals surface area contributed by atoms with Crippen LogP contribution in [0.15, 0.2) is 0 Å². The summed E-state index contributed by atoms with van der Waals surface area (Å²) in [6, 6.07) is 0. The van der Waals surface area contributed by atoms with Crippen molar-refractivity contribution < 1.29 is 4.79 Å². The lowest BCUT2D eigenvalue weighted by Gasteiger charge is -2.08. The average molecular weight is 293 g/mol. The first-order valence-corrected chi connectivity index (χ1v) is 7.29. The molecule has 2 aromatic heterocycles. The van der Waals surface area contributed by atoms with E-state index < -0.39 is 0 Å². The molecule has 0 aromatic carbocycles. The van der Waals surface area contributed by atoms with Crippen molar-refractivity contribution in [3.05, 3.63) is 16.3 Å². The highest BCUT2D eigenvalue weighted by Gasteiger charge is 2.13. The third kappa shape index (κ3) is 3.05. The number of thiophene rings is 1. The van der Waals surface area contributed by atoms with Gasteiger partial charge in [-0.15, -0.1) is 11.3 Å². The summed E-state index contributed by atoms with van der Waals surface area (Å²) in [6.07, 6.45) is 0. The summed E-state index contributed by atoms with van der Waals surface area (Å²) in [5.74, 6) is 1.32. The molecule has 6 nitrogen and oxygen atoms in total. The fraction of sp³-hybridized carbons (Fsp3) is 0.462. The largest absolute Gasteiger partial charge is 0.360 e. The molecule has 0 saturated carbocycles. The van der Waals surface area contributed by atoms with Gasteiger partial charge in [0.2, 0.25) is 5.91 Å². The van der Waals surface area contributed by atoms with Crippen LogP contribution in [0.1, 0.15) is 16.3 Å². The zero-order valence-corrected chi connectivity index (χ0v) is 12.7. The van der Waals surface area contributed by atoms with Crippen molar-refractivity contribution in [2.75, 3.05) is 25.0 Å². The Morgan fingerprint density at radius 2 is 2.05 bits per heavy atom. The highest BCUT2D eigenvalue weighted by atomic mass is 32.1. The van der Waals surface area contributed by atoms with Gasteiger partial charge >= 0.3 is 0 Å². The fourth-order valence-corrected chi connectivity index (χ4v) is 3.00. The predicted molar refractivity (Wildman–Crippen MR) is 82.2 cm³/mol. The number of hydrogen-bond donors (Lipinski definition) is 3. The Labute approximate surface area is 121 Å². The highest BCUT2D eigenvalue weighted by Crippen LogP contribution is 2.32. The van der Waals surface area contributed by atoms with E-state index >= 15 is 0 Å². The Kier molecular flexibility index (Phi) is 4.51. The number of fused-ring (bicyclic) bond motifs is 1. The van der Waals surface area contributed by atoms with Gasteiger partial charge in [0.1, 0.15) is 16.5 Å². The zero-order valence-electron chi connectivity index (χ0n) is 11.9. The van der Waals surface area contributed by atoms with E-state index in [-0.39, 0.29) is 12.5 Å². The molecule has 0 fully saturated rings. The van der Waals surface area contributed by atoms with Crippen molar-refractivity contribution in [2.45, 2.75) is 20.8 Å². The third-order valence-corrected chi connectivity index (χ3v) is 4.12. The number of rotatable bonds is 5. The molecular weight excluding hydrogens is 274 g/mol. The number of nitrogens with one attached hydrogen (secondary N) is 2. The third-order valence-electron chi connectivity index (χ3n) is 3.02. The van der Waals surface area contributed by atoms with Gasteiger partial charge in [-0.25, -0.2) is 9.97 Å². The molecule has 0 aliphatic heterocycles. The second-order valence-corrected chi connectivity index (χ2v) is 5.78. The molecule has 0 radical (unpaired) electrons.